The molecule has 0 saturated heterocycles. The van der Waals surface area contributed by atoms with Crippen LogP contribution in [0.4, 0.5) is 0 Å². The molecule has 0 heterocycles. The van der Waals surface area contributed by atoms with Crippen LogP contribution >= 0.6 is 0 Å². The average molecular weight is 458 g/mol. The van der Waals surface area contributed by atoms with Crippen LogP contribution in [0.2, 0.25) is 0 Å². The van der Waals surface area contributed by atoms with E-state index in [0.717, 1.165) is 12.2 Å². The maximum Gasteiger partial charge on any atom is 0.339 e. The van der Waals surface area contributed by atoms with E-state index >= 15 is 0 Å². The van der Waals surface area contributed by atoms with Crippen molar-refractivity contribution >= 4 is 29.7 Å². The number of carbonyl (C=O) groups is 5. The molecule has 0 bridgehead atoms. The SMILES string of the molecule is C=CC(=O)CCCc1ccc(C(=O)OCCOC(=O)C=C)c(C(=O)OCCOC(=O)C=C)c1. The van der Waals surface area contributed by atoms with Crippen LogP contribution in [0.1, 0.15) is 39.1 Å². The number of carbonyl (C=O) groups excluding carboxylic acids is 5. The zero-order valence-corrected chi connectivity index (χ0v) is 18.2. The Morgan fingerprint density at radius 1 is 0.697 bits per heavy atom. The molecule has 0 aliphatic heterocycles. The third-order valence-corrected chi connectivity index (χ3v) is 4.10. The zero-order chi connectivity index (χ0) is 24.6. The van der Waals surface area contributed by atoms with Gasteiger partial charge in [-0.25, -0.2) is 19.2 Å². The maximum atomic E-state index is 12.6. The second-order valence-electron chi connectivity index (χ2n) is 6.42. The smallest absolute Gasteiger partial charge is 0.339 e. The number of esters is 4. The molecule has 0 atom stereocenters. The zero-order valence-electron chi connectivity index (χ0n) is 18.2. The van der Waals surface area contributed by atoms with Crippen molar-refractivity contribution in [1.29, 1.82) is 0 Å². The highest BCUT2D eigenvalue weighted by molar-refractivity contribution is 6.03. The van der Waals surface area contributed by atoms with E-state index in [4.69, 9.17) is 18.9 Å². The lowest BCUT2D eigenvalue weighted by Gasteiger charge is -2.12. The van der Waals surface area contributed by atoms with Crippen molar-refractivity contribution in [3.8, 4) is 0 Å². The third kappa shape index (κ3) is 10.2. The van der Waals surface area contributed by atoms with Crippen molar-refractivity contribution in [3.05, 3.63) is 72.9 Å². The fourth-order valence-corrected chi connectivity index (χ4v) is 2.49. The number of ketones is 1. The van der Waals surface area contributed by atoms with Gasteiger partial charge < -0.3 is 18.9 Å². The number of rotatable bonds is 15. The number of allylic oxidation sites excluding steroid dienone is 1. The molecule has 1 aromatic carbocycles. The molecule has 0 N–H and O–H groups in total. The van der Waals surface area contributed by atoms with E-state index in [-0.39, 0.29) is 43.3 Å². The number of ether oxygens (including phenoxy) is 4. The van der Waals surface area contributed by atoms with Crippen LogP contribution in [0, 0.1) is 0 Å². The van der Waals surface area contributed by atoms with Crippen LogP contribution in [-0.4, -0.2) is 56.1 Å². The predicted octanol–water partition coefficient (Wildman–Crippen LogP) is 2.54. The molecule has 0 fully saturated rings. The Hall–Kier alpha value is -4.01. The summed E-state index contributed by atoms with van der Waals surface area (Å²) in [7, 11) is 0. The standard InChI is InChI=1S/C24H26O9/c1-4-18(25)9-7-8-17-10-11-19(23(28)32-14-12-30-21(26)5-2)20(16-17)24(29)33-15-13-31-22(27)6-3/h4-6,10-11,16H,1-3,7-9,12-15H2. The summed E-state index contributed by atoms with van der Waals surface area (Å²) in [5, 5.41) is 0. The van der Waals surface area contributed by atoms with E-state index in [9.17, 15) is 24.0 Å². The normalized spacial score (nSPS) is 9.82. The van der Waals surface area contributed by atoms with Gasteiger partial charge in [-0.15, -0.1) is 0 Å². The minimum absolute atomic E-state index is 0.0503. The maximum absolute atomic E-state index is 12.6. The van der Waals surface area contributed by atoms with Crippen molar-refractivity contribution in [2.75, 3.05) is 26.4 Å². The second kappa shape index (κ2) is 14.9. The number of hydrogen-bond donors (Lipinski definition) is 0. The summed E-state index contributed by atoms with van der Waals surface area (Å²) in [5.41, 5.74) is 0.600. The quantitative estimate of drug-likeness (QED) is 0.169. The van der Waals surface area contributed by atoms with Crippen molar-refractivity contribution in [2.24, 2.45) is 0 Å². The Balaban J connectivity index is 2.88. The van der Waals surface area contributed by atoms with E-state index in [1.165, 1.54) is 18.2 Å². The molecule has 1 aromatic rings. The summed E-state index contributed by atoms with van der Waals surface area (Å²) in [5.74, 6) is -3.06. The van der Waals surface area contributed by atoms with Gasteiger partial charge in [0.2, 0.25) is 0 Å². The molecule has 33 heavy (non-hydrogen) atoms. The summed E-state index contributed by atoms with van der Waals surface area (Å²) >= 11 is 0. The van der Waals surface area contributed by atoms with Crippen LogP contribution in [-0.2, 0) is 39.8 Å². The minimum atomic E-state index is -0.821. The molecule has 176 valence electrons. The molecular weight excluding hydrogens is 432 g/mol. The number of aryl methyl sites for hydroxylation is 1. The first-order valence-corrected chi connectivity index (χ1v) is 10.0. The Morgan fingerprint density at radius 3 is 1.73 bits per heavy atom. The van der Waals surface area contributed by atoms with Gasteiger partial charge in [0, 0.05) is 18.6 Å². The first-order chi connectivity index (χ1) is 15.8. The predicted molar refractivity (Wildman–Crippen MR) is 117 cm³/mol. The minimum Gasteiger partial charge on any atom is -0.459 e. The molecule has 0 spiro atoms. The first kappa shape index (κ1) is 27.0. The van der Waals surface area contributed by atoms with E-state index in [1.807, 2.05) is 0 Å². The largest absolute Gasteiger partial charge is 0.459 e. The van der Waals surface area contributed by atoms with Crippen LogP contribution in [0.25, 0.3) is 0 Å². The topological polar surface area (TPSA) is 122 Å². The van der Waals surface area contributed by atoms with E-state index < -0.39 is 23.9 Å². The molecule has 9 heteroatoms. The summed E-state index contributed by atoms with van der Waals surface area (Å²) in [4.78, 5) is 58.5. The Bertz CT molecular complexity index is 915. The van der Waals surface area contributed by atoms with E-state index in [0.29, 0.717) is 24.8 Å². The lowest BCUT2D eigenvalue weighted by Crippen LogP contribution is -2.18. The monoisotopic (exact) mass is 458 g/mol. The lowest BCUT2D eigenvalue weighted by molar-refractivity contribution is -0.139. The van der Waals surface area contributed by atoms with Gasteiger partial charge in [-0.05, 0) is 36.6 Å². The van der Waals surface area contributed by atoms with Gasteiger partial charge in [0.1, 0.15) is 26.4 Å². The molecule has 9 nitrogen and oxygen atoms in total. The van der Waals surface area contributed by atoms with Crippen LogP contribution in [0.15, 0.2) is 56.2 Å². The lowest BCUT2D eigenvalue weighted by atomic mass is 10.00. The van der Waals surface area contributed by atoms with Gasteiger partial charge in [-0.2, -0.15) is 0 Å². The first-order valence-electron chi connectivity index (χ1n) is 10.0. The summed E-state index contributed by atoms with van der Waals surface area (Å²) in [6.45, 7) is 9.10. The number of benzene rings is 1. The highest BCUT2D eigenvalue weighted by Crippen LogP contribution is 2.17. The molecule has 0 saturated carbocycles. The number of hydrogen-bond acceptors (Lipinski definition) is 9. The highest BCUT2D eigenvalue weighted by Gasteiger charge is 2.20. The molecular formula is C24H26O9. The summed E-state index contributed by atoms with van der Waals surface area (Å²) in [6.07, 6.45) is 4.49. The van der Waals surface area contributed by atoms with Gasteiger partial charge in [-0.1, -0.05) is 25.8 Å². The average Bonchev–Trinajstić information content (AvgIpc) is 2.83. The summed E-state index contributed by atoms with van der Waals surface area (Å²) in [6, 6.07) is 4.53. The molecule has 0 amide bonds. The Kier molecular flexibility index (Phi) is 12.2. The van der Waals surface area contributed by atoms with E-state index in [2.05, 4.69) is 19.7 Å². The summed E-state index contributed by atoms with van der Waals surface area (Å²) < 4.78 is 19.6. The molecule has 1 rings (SSSR count). The Morgan fingerprint density at radius 2 is 1.21 bits per heavy atom. The fourth-order valence-electron chi connectivity index (χ4n) is 2.49. The van der Waals surface area contributed by atoms with Crippen molar-refractivity contribution in [1.82, 2.24) is 0 Å². The van der Waals surface area contributed by atoms with Gasteiger partial charge in [0.05, 0.1) is 11.1 Å². The molecule has 0 aliphatic rings. The molecule has 0 aliphatic carbocycles. The van der Waals surface area contributed by atoms with Gasteiger partial charge in [0.15, 0.2) is 5.78 Å². The fraction of sp³-hybridized carbons (Fsp3) is 0.292. The van der Waals surface area contributed by atoms with Crippen LogP contribution < -0.4 is 0 Å². The van der Waals surface area contributed by atoms with Crippen molar-refractivity contribution < 1.29 is 42.9 Å². The third-order valence-electron chi connectivity index (χ3n) is 4.10. The molecule has 0 aromatic heterocycles. The van der Waals surface area contributed by atoms with Crippen LogP contribution in [0.3, 0.4) is 0 Å². The van der Waals surface area contributed by atoms with Gasteiger partial charge in [0.25, 0.3) is 0 Å². The van der Waals surface area contributed by atoms with Gasteiger partial charge >= 0.3 is 23.9 Å². The van der Waals surface area contributed by atoms with Crippen molar-refractivity contribution in [3.63, 3.8) is 0 Å². The Labute approximate surface area is 191 Å². The second-order valence-corrected chi connectivity index (χ2v) is 6.42. The molecule has 0 unspecified atom stereocenters. The molecule has 0 radical (unpaired) electrons. The highest BCUT2D eigenvalue weighted by atomic mass is 16.6. The van der Waals surface area contributed by atoms with E-state index in [1.54, 1.807) is 6.07 Å². The van der Waals surface area contributed by atoms with Gasteiger partial charge in [-0.3, -0.25) is 4.79 Å². The van der Waals surface area contributed by atoms with Crippen LogP contribution in [0.5, 0.6) is 0 Å². The van der Waals surface area contributed by atoms with Crippen molar-refractivity contribution in [2.45, 2.75) is 19.3 Å².